The second kappa shape index (κ2) is 10.4. The van der Waals surface area contributed by atoms with Crippen LogP contribution in [0.4, 0.5) is 5.82 Å². The molecule has 0 spiro atoms. The first-order chi connectivity index (χ1) is 12.2. The molecule has 6 nitrogen and oxygen atoms in total. The normalized spacial score (nSPS) is 11.9. The molecule has 0 fully saturated rings. The Morgan fingerprint density at radius 2 is 1.92 bits per heavy atom. The SMILES string of the molecule is CNc1cccc(CCCCCCC(CC(=O)O)c2cncnc2)n1. The Kier molecular flexibility index (Phi) is 7.82. The maximum absolute atomic E-state index is 11.1. The van der Waals surface area contributed by atoms with E-state index in [4.69, 9.17) is 5.11 Å². The van der Waals surface area contributed by atoms with Crippen molar-refractivity contribution in [2.45, 2.75) is 50.9 Å². The van der Waals surface area contributed by atoms with Crippen molar-refractivity contribution < 1.29 is 9.90 Å². The third kappa shape index (κ3) is 6.87. The van der Waals surface area contributed by atoms with Gasteiger partial charge in [0.05, 0.1) is 6.42 Å². The molecule has 0 saturated carbocycles. The van der Waals surface area contributed by atoms with E-state index < -0.39 is 5.97 Å². The van der Waals surface area contributed by atoms with Crippen molar-refractivity contribution in [2.24, 2.45) is 0 Å². The number of nitrogens with zero attached hydrogens (tertiary/aromatic N) is 3. The number of aliphatic carboxylic acids is 1. The second-order valence-electron chi connectivity index (χ2n) is 6.18. The van der Waals surface area contributed by atoms with Crippen LogP contribution in [0, 0.1) is 0 Å². The third-order valence-electron chi connectivity index (χ3n) is 4.27. The lowest BCUT2D eigenvalue weighted by Gasteiger charge is -2.14. The van der Waals surface area contributed by atoms with Crippen LogP contribution in [-0.4, -0.2) is 33.1 Å². The van der Waals surface area contributed by atoms with Gasteiger partial charge in [-0.25, -0.2) is 15.0 Å². The highest BCUT2D eigenvalue weighted by atomic mass is 16.4. The molecule has 2 aromatic rings. The zero-order chi connectivity index (χ0) is 17.9. The van der Waals surface area contributed by atoms with Gasteiger partial charge in [-0.3, -0.25) is 4.79 Å². The molecule has 0 saturated heterocycles. The lowest BCUT2D eigenvalue weighted by Crippen LogP contribution is -2.07. The fourth-order valence-electron chi connectivity index (χ4n) is 2.93. The van der Waals surface area contributed by atoms with Gasteiger partial charge in [-0.15, -0.1) is 0 Å². The van der Waals surface area contributed by atoms with Crippen LogP contribution in [0.15, 0.2) is 36.9 Å². The summed E-state index contributed by atoms with van der Waals surface area (Å²) in [6.07, 6.45) is 11.2. The third-order valence-corrected chi connectivity index (χ3v) is 4.27. The van der Waals surface area contributed by atoms with Crippen molar-refractivity contribution in [1.82, 2.24) is 15.0 Å². The number of carboxylic acid groups (broad SMARTS) is 1. The number of nitrogens with one attached hydrogen (secondary N) is 1. The van der Waals surface area contributed by atoms with E-state index in [9.17, 15) is 4.79 Å². The summed E-state index contributed by atoms with van der Waals surface area (Å²) in [7, 11) is 1.87. The molecule has 0 aliphatic rings. The van der Waals surface area contributed by atoms with E-state index in [1.807, 2.05) is 19.2 Å². The van der Waals surface area contributed by atoms with Crippen LogP contribution >= 0.6 is 0 Å². The molecule has 134 valence electrons. The molecule has 0 radical (unpaired) electrons. The minimum Gasteiger partial charge on any atom is -0.481 e. The first kappa shape index (κ1) is 18.8. The number of rotatable bonds is 11. The summed E-state index contributed by atoms with van der Waals surface area (Å²) in [6.45, 7) is 0. The maximum atomic E-state index is 11.1. The highest BCUT2D eigenvalue weighted by Crippen LogP contribution is 2.25. The number of carboxylic acids is 1. The lowest BCUT2D eigenvalue weighted by molar-refractivity contribution is -0.137. The number of hydrogen-bond donors (Lipinski definition) is 2. The fraction of sp³-hybridized carbons (Fsp3) is 0.474. The lowest BCUT2D eigenvalue weighted by atomic mass is 9.92. The van der Waals surface area contributed by atoms with Crippen molar-refractivity contribution >= 4 is 11.8 Å². The largest absolute Gasteiger partial charge is 0.481 e. The standard InChI is InChI=1S/C19H26N4O2/c1-20-18-10-6-9-17(23-18)8-5-3-2-4-7-15(11-19(24)25)16-12-21-14-22-13-16/h6,9-10,12-15H,2-5,7-8,11H2,1H3,(H,20,23)(H,24,25). The highest BCUT2D eigenvalue weighted by molar-refractivity contribution is 5.67. The minimum absolute atomic E-state index is 0.00678. The van der Waals surface area contributed by atoms with Crippen LogP contribution < -0.4 is 5.32 Å². The number of aromatic nitrogens is 3. The van der Waals surface area contributed by atoms with Crippen molar-refractivity contribution in [3.05, 3.63) is 48.2 Å². The second-order valence-corrected chi connectivity index (χ2v) is 6.18. The number of aryl methyl sites for hydroxylation is 1. The molecule has 0 amide bonds. The summed E-state index contributed by atoms with van der Waals surface area (Å²) in [5.41, 5.74) is 2.02. The molecule has 2 N–H and O–H groups in total. The van der Waals surface area contributed by atoms with Gasteiger partial charge >= 0.3 is 5.97 Å². The number of unbranched alkanes of at least 4 members (excludes halogenated alkanes) is 3. The Bertz CT molecular complexity index is 649. The molecular weight excluding hydrogens is 316 g/mol. The van der Waals surface area contributed by atoms with E-state index in [-0.39, 0.29) is 12.3 Å². The zero-order valence-electron chi connectivity index (χ0n) is 14.7. The molecular formula is C19H26N4O2. The van der Waals surface area contributed by atoms with Crippen LogP contribution in [0.5, 0.6) is 0 Å². The average Bonchev–Trinajstić information content (AvgIpc) is 2.64. The van der Waals surface area contributed by atoms with E-state index in [1.165, 1.54) is 6.33 Å². The van der Waals surface area contributed by atoms with Gasteiger partial charge < -0.3 is 10.4 Å². The summed E-state index contributed by atoms with van der Waals surface area (Å²) in [5, 5.41) is 12.2. The monoisotopic (exact) mass is 342 g/mol. The molecule has 2 heterocycles. The minimum atomic E-state index is -0.774. The van der Waals surface area contributed by atoms with Crippen LogP contribution in [0.2, 0.25) is 0 Å². The van der Waals surface area contributed by atoms with Gasteiger partial charge in [0.15, 0.2) is 0 Å². The molecule has 6 heteroatoms. The molecule has 1 unspecified atom stereocenters. The van der Waals surface area contributed by atoms with Crippen molar-refractivity contribution in [3.63, 3.8) is 0 Å². The Hall–Kier alpha value is -2.50. The Balaban J connectivity index is 1.70. The highest BCUT2D eigenvalue weighted by Gasteiger charge is 2.15. The predicted molar refractivity (Wildman–Crippen MR) is 97.6 cm³/mol. The van der Waals surface area contributed by atoms with Gasteiger partial charge in [-0.2, -0.15) is 0 Å². The number of carbonyl (C=O) groups is 1. The quantitative estimate of drug-likeness (QED) is 0.606. The van der Waals surface area contributed by atoms with Crippen molar-refractivity contribution in [1.29, 1.82) is 0 Å². The molecule has 0 bridgehead atoms. The summed E-state index contributed by atoms with van der Waals surface area (Å²) in [5.74, 6) is 0.121. The molecule has 0 aliphatic heterocycles. The Morgan fingerprint density at radius 1 is 1.16 bits per heavy atom. The smallest absolute Gasteiger partial charge is 0.303 e. The van der Waals surface area contributed by atoms with Gasteiger partial charge in [-0.1, -0.05) is 25.3 Å². The summed E-state index contributed by atoms with van der Waals surface area (Å²) >= 11 is 0. The predicted octanol–water partition coefficient (Wildman–Crippen LogP) is 3.66. The van der Waals surface area contributed by atoms with Crippen LogP contribution in [0.3, 0.4) is 0 Å². The molecule has 1 atom stereocenters. The molecule has 0 aliphatic carbocycles. The van der Waals surface area contributed by atoms with Crippen molar-refractivity contribution in [2.75, 3.05) is 12.4 Å². The van der Waals surface area contributed by atoms with Gasteiger partial charge in [0.25, 0.3) is 0 Å². The number of pyridine rings is 1. The topological polar surface area (TPSA) is 88.0 Å². The molecule has 25 heavy (non-hydrogen) atoms. The van der Waals surface area contributed by atoms with E-state index in [0.717, 1.165) is 55.6 Å². The van der Waals surface area contributed by atoms with Crippen molar-refractivity contribution in [3.8, 4) is 0 Å². The first-order valence-electron chi connectivity index (χ1n) is 8.79. The van der Waals surface area contributed by atoms with E-state index in [0.29, 0.717) is 0 Å². The summed E-state index contributed by atoms with van der Waals surface area (Å²) < 4.78 is 0. The van der Waals surface area contributed by atoms with E-state index >= 15 is 0 Å². The average molecular weight is 342 g/mol. The number of anilines is 1. The van der Waals surface area contributed by atoms with Crippen LogP contribution in [0.1, 0.15) is 55.7 Å². The summed E-state index contributed by atoms with van der Waals surface area (Å²) in [6, 6.07) is 6.03. The van der Waals surface area contributed by atoms with Crippen LogP contribution in [-0.2, 0) is 11.2 Å². The van der Waals surface area contributed by atoms with Gasteiger partial charge in [0, 0.05) is 25.1 Å². The summed E-state index contributed by atoms with van der Waals surface area (Å²) in [4.78, 5) is 23.6. The molecule has 2 rings (SSSR count). The Labute approximate surface area is 148 Å². The fourth-order valence-corrected chi connectivity index (χ4v) is 2.93. The number of hydrogen-bond acceptors (Lipinski definition) is 5. The zero-order valence-corrected chi connectivity index (χ0v) is 14.7. The molecule has 2 aromatic heterocycles. The maximum Gasteiger partial charge on any atom is 0.303 e. The van der Waals surface area contributed by atoms with Gasteiger partial charge in [0.1, 0.15) is 12.1 Å². The van der Waals surface area contributed by atoms with E-state index in [2.05, 4.69) is 26.3 Å². The van der Waals surface area contributed by atoms with Gasteiger partial charge in [0.2, 0.25) is 0 Å². The Morgan fingerprint density at radius 3 is 2.64 bits per heavy atom. The van der Waals surface area contributed by atoms with Crippen LogP contribution in [0.25, 0.3) is 0 Å². The van der Waals surface area contributed by atoms with Gasteiger partial charge in [-0.05, 0) is 42.9 Å². The first-order valence-corrected chi connectivity index (χ1v) is 8.79. The van der Waals surface area contributed by atoms with E-state index in [1.54, 1.807) is 12.4 Å². The molecule has 0 aromatic carbocycles.